The van der Waals surface area contributed by atoms with Crippen LogP contribution >= 0.6 is 0 Å². The Labute approximate surface area is 155 Å². The number of hydrogen-bond acceptors (Lipinski definition) is 5. The lowest BCUT2D eigenvalue weighted by Crippen LogP contribution is -2.48. The number of imidazole rings is 1. The summed E-state index contributed by atoms with van der Waals surface area (Å²) in [5.41, 5.74) is 2.05. The smallest absolute Gasteiger partial charge is 0.122 e. The topological polar surface area (TPSA) is 52.4 Å². The SMILES string of the molecule is Cc1cccc(COC[C@@H]2C[C@@H]3[C@@H](C2)OCCN3Cc2nccn2C)n1. The van der Waals surface area contributed by atoms with Crippen molar-refractivity contribution in [2.45, 2.75) is 45.1 Å². The van der Waals surface area contributed by atoms with Crippen molar-refractivity contribution in [1.82, 2.24) is 19.4 Å². The highest BCUT2D eigenvalue weighted by atomic mass is 16.5. The number of aromatic nitrogens is 3. The van der Waals surface area contributed by atoms with Gasteiger partial charge in [0.2, 0.25) is 0 Å². The molecule has 140 valence electrons. The van der Waals surface area contributed by atoms with E-state index in [0.29, 0.717) is 24.7 Å². The van der Waals surface area contributed by atoms with E-state index in [0.717, 1.165) is 56.4 Å². The Morgan fingerprint density at radius 3 is 3.04 bits per heavy atom. The number of pyridine rings is 1. The Morgan fingerprint density at radius 1 is 1.31 bits per heavy atom. The molecule has 0 amide bonds. The van der Waals surface area contributed by atoms with Crippen LogP contribution in [0.25, 0.3) is 0 Å². The maximum absolute atomic E-state index is 6.06. The van der Waals surface area contributed by atoms with Gasteiger partial charge in [-0.25, -0.2) is 4.98 Å². The first-order valence-electron chi connectivity index (χ1n) is 9.51. The molecule has 3 atom stereocenters. The molecule has 2 aromatic heterocycles. The Kier molecular flexibility index (Phi) is 5.33. The first-order chi connectivity index (χ1) is 12.7. The van der Waals surface area contributed by atoms with Crippen molar-refractivity contribution in [2.24, 2.45) is 13.0 Å². The summed E-state index contributed by atoms with van der Waals surface area (Å²) in [7, 11) is 2.06. The van der Waals surface area contributed by atoms with Crippen LogP contribution in [0.2, 0.25) is 0 Å². The number of fused-ring (bicyclic) bond motifs is 1. The predicted octanol–water partition coefficient (Wildman–Crippen LogP) is 2.32. The molecule has 6 heteroatoms. The molecule has 2 aromatic rings. The van der Waals surface area contributed by atoms with E-state index >= 15 is 0 Å². The van der Waals surface area contributed by atoms with Gasteiger partial charge < -0.3 is 14.0 Å². The van der Waals surface area contributed by atoms with E-state index in [4.69, 9.17) is 9.47 Å². The quantitative estimate of drug-likeness (QED) is 0.795. The zero-order valence-electron chi connectivity index (χ0n) is 15.7. The normalized spacial score (nSPS) is 26.2. The van der Waals surface area contributed by atoms with Crippen LogP contribution in [-0.2, 0) is 29.7 Å². The van der Waals surface area contributed by atoms with E-state index in [-0.39, 0.29) is 0 Å². The number of hydrogen-bond donors (Lipinski definition) is 0. The molecule has 2 fully saturated rings. The summed E-state index contributed by atoms with van der Waals surface area (Å²) in [5, 5.41) is 0. The summed E-state index contributed by atoms with van der Waals surface area (Å²) in [6.07, 6.45) is 6.43. The maximum atomic E-state index is 6.06. The second-order valence-electron chi connectivity index (χ2n) is 7.52. The highest BCUT2D eigenvalue weighted by molar-refractivity contribution is 5.09. The van der Waals surface area contributed by atoms with Crippen molar-refractivity contribution in [1.29, 1.82) is 0 Å². The van der Waals surface area contributed by atoms with Gasteiger partial charge in [0, 0.05) is 37.7 Å². The Bertz CT molecular complexity index is 732. The van der Waals surface area contributed by atoms with Crippen LogP contribution < -0.4 is 0 Å². The van der Waals surface area contributed by atoms with E-state index in [1.54, 1.807) is 0 Å². The zero-order chi connectivity index (χ0) is 17.9. The molecule has 0 aromatic carbocycles. The van der Waals surface area contributed by atoms with Crippen LogP contribution in [0.3, 0.4) is 0 Å². The molecule has 0 spiro atoms. The first kappa shape index (κ1) is 17.6. The molecular formula is C20H28N4O2. The third-order valence-electron chi connectivity index (χ3n) is 5.56. The second kappa shape index (κ2) is 7.86. The number of rotatable bonds is 6. The Hall–Kier alpha value is -1.76. The van der Waals surface area contributed by atoms with Gasteiger partial charge in [-0.3, -0.25) is 9.88 Å². The molecule has 1 aliphatic carbocycles. The van der Waals surface area contributed by atoms with E-state index in [9.17, 15) is 0 Å². The van der Waals surface area contributed by atoms with Crippen molar-refractivity contribution in [3.05, 3.63) is 47.8 Å². The van der Waals surface area contributed by atoms with Gasteiger partial charge in [0.25, 0.3) is 0 Å². The second-order valence-corrected chi connectivity index (χ2v) is 7.52. The van der Waals surface area contributed by atoms with Crippen LogP contribution in [0, 0.1) is 12.8 Å². The molecule has 1 aliphatic heterocycles. The summed E-state index contributed by atoms with van der Waals surface area (Å²) in [6.45, 7) is 6.07. The van der Waals surface area contributed by atoms with E-state index in [1.165, 1.54) is 0 Å². The zero-order valence-corrected chi connectivity index (χ0v) is 15.7. The van der Waals surface area contributed by atoms with Crippen molar-refractivity contribution >= 4 is 0 Å². The van der Waals surface area contributed by atoms with Gasteiger partial charge in [-0.15, -0.1) is 0 Å². The molecule has 3 heterocycles. The number of ether oxygens (including phenoxy) is 2. The highest BCUT2D eigenvalue weighted by Crippen LogP contribution is 2.35. The summed E-state index contributed by atoms with van der Waals surface area (Å²) >= 11 is 0. The molecule has 0 unspecified atom stereocenters. The summed E-state index contributed by atoms with van der Waals surface area (Å²) in [4.78, 5) is 11.5. The fourth-order valence-electron chi connectivity index (χ4n) is 4.20. The van der Waals surface area contributed by atoms with Crippen LogP contribution in [-0.4, -0.2) is 51.3 Å². The number of morpholine rings is 1. The Balaban J connectivity index is 1.30. The first-order valence-corrected chi connectivity index (χ1v) is 9.51. The lowest BCUT2D eigenvalue weighted by molar-refractivity contribution is -0.0601. The van der Waals surface area contributed by atoms with Crippen LogP contribution in [0.5, 0.6) is 0 Å². The third kappa shape index (κ3) is 3.98. The minimum absolute atomic E-state index is 0.328. The molecule has 2 aliphatic rings. The standard InChI is InChI=1S/C20H28N4O2/c1-15-4-3-5-17(22-15)14-25-13-16-10-18-19(11-16)26-9-8-24(18)12-20-21-6-7-23(20)2/h3-7,16,18-19H,8-14H2,1-2H3/t16-,18-,19-/m1/s1. The largest absolute Gasteiger partial charge is 0.375 e. The molecule has 1 saturated carbocycles. The lowest BCUT2D eigenvalue weighted by Gasteiger charge is -2.37. The van der Waals surface area contributed by atoms with Gasteiger partial charge in [-0.2, -0.15) is 0 Å². The van der Waals surface area contributed by atoms with Gasteiger partial charge in [-0.1, -0.05) is 6.07 Å². The van der Waals surface area contributed by atoms with E-state index < -0.39 is 0 Å². The molecule has 26 heavy (non-hydrogen) atoms. The van der Waals surface area contributed by atoms with Crippen molar-refractivity contribution in [2.75, 3.05) is 19.8 Å². The van der Waals surface area contributed by atoms with Gasteiger partial charge in [0.15, 0.2) is 0 Å². The molecule has 6 nitrogen and oxygen atoms in total. The third-order valence-corrected chi connectivity index (χ3v) is 5.56. The lowest BCUT2D eigenvalue weighted by atomic mass is 10.1. The van der Waals surface area contributed by atoms with Crippen molar-refractivity contribution in [3.63, 3.8) is 0 Å². The minimum Gasteiger partial charge on any atom is -0.375 e. The van der Waals surface area contributed by atoms with Crippen LogP contribution in [0.4, 0.5) is 0 Å². The molecular weight excluding hydrogens is 328 g/mol. The van der Waals surface area contributed by atoms with Crippen LogP contribution in [0.1, 0.15) is 30.1 Å². The maximum Gasteiger partial charge on any atom is 0.122 e. The van der Waals surface area contributed by atoms with Gasteiger partial charge in [-0.05, 0) is 37.8 Å². The minimum atomic E-state index is 0.328. The number of aryl methyl sites for hydroxylation is 2. The van der Waals surface area contributed by atoms with E-state index in [1.807, 2.05) is 37.5 Å². The number of nitrogens with zero attached hydrogens (tertiary/aromatic N) is 4. The average molecular weight is 356 g/mol. The van der Waals surface area contributed by atoms with Crippen molar-refractivity contribution < 1.29 is 9.47 Å². The molecule has 1 saturated heterocycles. The molecule has 4 rings (SSSR count). The summed E-state index contributed by atoms with van der Waals surface area (Å²) < 4.78 is 14.1. The van der Waals surface area contributed by atoms with Gasteiger partial charge in [0.05, 0.1) is 38.2 Å². The average Bonchev–Trinajstić information content (AvgIpc) is 3.22. The fourth-order valence-corrected chi connectivity index (χ4v) is 4.20. The van der Waals surface area contributed by atoms with Crippen LogP contribution in [0.15, 0.2) is 30.6 Å². The summed E-state index contributed by atoms with van der Waals surface area (Å²) in [5.74, 6) is 1.67. The van der Waals surface area contributed by atoms with Gasteiger partial charge >= 0.3 is 0 Å². The predicted molar refractivity (Wildman–Crippen MR) is 98.5 cm³/mol. The molecule has 0 N–H and O–H groups in total. The molecule has 0 radical (unpaired) electrons. The van der Waals surface area contributed by atoms with Crippen molar-refractivity contribution in [3.8, 4) is 0 Å². The monoisotopic (exact) mass is 356 g/mol. The highest BCUT2D eigenvalue weighted by Gasteiger charge is 2.41. The fraction of sp³-hybridized carbons (Fsp3) is 0.600. The Morgan fingerprint density at radius 2 is 2.23 bits per heavy atom. The summed E-state index contributed by atoms with van der Waals surface area (Å²) in [6, 6.07) is 6.55. The van der Waals surface area contributed by atoms with E-state index in [2.05, 4.69) is 26.5 Å². The van der Waals surface area contributed by atoms with Gasteiger partial charge in [0.1, 0.15) is 5.82 Å². The molecule has 0 bridgehead atoms.